The molecule has 13 heteroatoms. The largest absolute Gasteiger partial charge is 0.458 e. The minimum atomic E-state index is -0.314. The van der Waals surface area contributed by atoms with Crippen LogP contribution in [-0.2, 0) is 0 Å². The molecule has 0 aliphatic carbocycles. The van der Waals surface area contributed by atoms with Crippen molar-refractivity contribution >= 4 is 144 Å². The molecule has 468 valence electrons. The van der Waals surface area contributed by atoms with Gasteiger partial charge in [0.15, 0.2) is 0 Å². The molecule has 98 heavy (non-hydrogen) atoms. The van der Waals surface area contributed by atoms with Gasteiger partial charge >= 0.3 is 0 Å². The standard InChI is InChI=1S/C85H63B3N4O5S/c1-50-16-28-56(29-17-50)89(57-30-18-51(2)19-31-57)62-40-72-83-78(41-62)96-77-49-76-69(87-66-13-9-11-15-74(66)94-80-43-64(45-82(97-76)85(80)87)91(60-36-24-54(5)25-37-60)61-38-26-55(6)27-39-61)47-70(77)88(83)67-46-68-75(48-71(67)92(72)98-7)95-81-44-63(42-79-84(81)86(68)65-12-8-10-14-73(65)93-79)90(58-32-20-52(3)21-33-58)59-34-22-53(4)23-35-59/h8-49H,1-7H3. The number of nitrogens with zero attached hydrogens (tertiary/aromatic N) is 4. The molecule has 0 bridgehead atoms. The lowest BCUT2D eigenvalue weighted by Gasteiger charge is -2.42. The van der Waals surface area contributed by atoms with E-state index in [9.17, 15) is 0 Å². The highest BCUT2D eigenvalue weighted by Gasteiger charge is 2.49. The highest BCUT2D eigenvalue weighted by Crippen LogP contribution is 2.50. The quantitative estimate of drug-likeness (QED) is 0.0978. The third-order valence-corrected chi connectivity index (χ3v) is 21.2. The fourth-order valence-electron chi connectivity index (χ4n) is 15.6. The first-order valence-electron chi connectivity index (χ1n) is 33.5. The Bertz CT molecular complexity index is 5330. The second-order valence-corrected chi connectivity index (χ2v) is 27.6. The molecule has 6 heterocycles. The van der Waals surface area contributed by atoms with Crippen LogP contribution in [0, 0.1) is 41.5 Å². The van der Waals surface area contributed by atoms with Crippen LogP contribution in [0.3, 0.4) is 0 Å². The fraction of sp³-hybridized carbons (Fsp3) is 0.0824. The molecule has 0 atom stereocenters. The summed E-state index contributed by atoms with van der Waals surface area (Å²) in [5, 5.41) is 0. The molecule has 0 spiro atoms. The average Bonchev–Trinajstić information content (AvgIpc) is 0.698. The van der Waals surface area contributed by atoms with E-state index in [1.165, 1.54) is 33.4 Å². The van der Waals surface area contributed by atoms with Crippen LogP contribution in [0.4, 0.5) is 62.6 Å². The van der Waals surface area contributed by atoms with E-state index in [2.05, 4.69) is 322 Å². The Morgan fingerprint density at radius 3 is 0.878 bits per heavy atom. The van der Waals surface area contributed by atoms with Crippen LogP contribution in [0.15, 0.2) is 255 Å². The van der Waals surface area contributed by atoms with Crippen molar-refractivity contribution in [2.45, 2.75) is 41.5 Å². The van der Waals surface area contributed by atoms with Crippen molar-refractivity contribution in [3.63, 3.8) is 0 Å². The highest BCUT2D eigenvalue weighted by atomic mass is 32.2. The number of hydrogen-bond donors (Lipinski definition) is 0. The number of benzene rings is 13. The number of rotatable bonds is 10. The lowest BCUT2D eigenvalue weighted by Crippen LogP contribution is -2.64. The molecule has 0 aromatic heterocycles. The third-order valence-electron chi connectivity index (χ3n) is 20.4. The molecule has 0 saturated heterocycles. The summed E-state index contributed by atoms with van der Waals surface area (Å²) < 4.78 is 39.1. The molecule has 9 nitrogen and oxygen atoms in total. The van der Waals surface area contributed by atoms with Gasteiger partial charge in [0, 0.05) is 93.8 Å². The molecule has 0 saturated carbocycles. The second-order valence-electron chi connectivity index (χ2n) is 26.8. The summed E-state index contributed by atoms with van der Waals surface area (Å²) in [5.41, 5.74) is 27.7. The topological polar surface area (TPSA) is 59.1 Å². The first kappa shape index (κ1) is 58.0. The zero-order valence-corrected chi connectivity index (χ0v) is 56.0. The van der Waals surface area contributed by atoms with Crippen molar-refractivity contribution in [2.75, 3.05) is 25.3 Å². The maximum absolute atomic E-state index is 7.62. The number of hydrogen-bond acceptors (Lipinski definition) is 10. The zero-order chi connectivity index (χ0) is 65.8. The number of anilines is 11. The minimum absolute atomic E-state index is 0.230. The van der Waals surface area contributed by atoms with Crippen LogP contribution in [0.25, 0.3) is 0 Å². The van der Waals surface area contributed by atoms with Crippen molar-refractivity contribution in [3.8, 4) is 57.5 Å². The van der Waals surface area contributed by atoms with Gasteiger partial charge in [-0.3, -0.25) is 4.31 Å². The predicted molar refractivity (Wildman–Crippen MR) is 408 cm³/mol. The SMILES string of the molecule is CSN1c2cc3c(cc2B2c4cc5c(cc4Oc4cc(N(c6ccc(C)cc6)c6ccc(C)cc6)cc1c42)Oc1cc(N(c2ccc(C)cc2)c2ccc(C)cc2)cc2c1B5c1ccccc1O2)B1c2ccccc2Oc2cc(N(c4ccc(C)cc4)c4ccc(C)cc4)cc(c21)O3. The Hall–Kier alpha value is -11.4. The van der Waals surface area contributed by atoms with Gasteiger partial charge in [0.2, 0.25) is 0 Å². The molecule has 0 amide bonds. The summed E-state index contributed by atoms with van der Waals surface area (Å²) in [6.45, 7) is 12.0. The molecule has 19 rings (SSSR count). The van der Waals surface area contributed by atoms with Gasteiger partial charge in [0.05, 0.1) is 28.4 Å². The van der Waals surface area contributed by atoms with Gasteiger partial charge in [-0.05, 0) is 183 Å². The summed E-state index contributed by atoms with van der Waals surface area (Å²) in [4.78, 5) is 6.93. The van der Waals surface area contributed by atoms with Crippen LogP contribution in [-0.4, -0.2) is 26.4 Å². The maximum atomic E-state index is 7.62. The minimum Gasteiger partial charge on any atom is -0.458 e. The molecule has 13 aromatic carbocycles. The molecule has 13 aromatic rings. The summed E-state index contributed by atoms with van der Waals surface area (Å²) >= 11 is 1.68. The Morgan fingerprint density at radius 2 is 0.531 bits per heavy atom. The Morgan fingerprint density at radius 1 is 0.245 bits per heavy atom. The first-order chi connectivity index (χ1) is 47.9. The molecule has 0 unspecified atom stereocenters. The van der Waals surface area contributed by atoms with Crippen LogP contribution < -0.4 is 91.9 Å². The van der Waals surface area contributed by atoms with E-state index in [0.717, 1.165) is 169 Å². The number of fused-ring (bicyclic) bond motifs is 12. The lowest BCUT2D eigenvalue weighted by atomic mass is 9.30. The van der Waals surface area contributed by atoms with Gasteiger partial charge in [-0.2, -0.15) is 0 Å². The summed E-state index contributed by atoms with van der Waals surface area (Å²) in [6, 6.07) is 92.1. The van der Waals surface area contributed by atoms with Gasteiger partial charge in [-0.1, -0.05) is 155 Å². The summed E-state index contributed by atoms with van der Waals surface area (Å²) in [5.74, 6) is 7.63. The smallest absolute Gasteiger partial charge is 0.260 e. The van der Waals surface area contributed by atoms with Crippen molar-refractivity contribution in [1.29, 1.82) is 0 Å². The van der Waals surface area contributed by atoms with E-state index in [4.69, 9.17) is 23.7 Å². The molecule has 6 aliphatic rings. The second kappa shape index (κ2) is 22.3. The molecular formula is C85H63B3N4O5S. The molecule has 0 N–H and O–H groups in total. The Labute approximate surface area is 576 Å². The fourth-order valence-corrected chi connectivity index (χ4v) is 16.3. The van der Waals surface area contributed by atoms with Crippen molar-refractivity contribution in [1.82, 2.24) is 0 Å². The van der Waals surface area contributed by atoms with Gasteiger partial charge < -0.3 is 38.4 Å². The molecule has 0 radical (unpaired) electrons. The number of ether oxygens (including phenoxy) is 5. The molecular weight excluding hydrogens is 1220 g/mol. The normalized spacial score (nSPS) is 13.2. The van der Waals surface area contributed by atoms with Crippen molar-refractivity contribution in [3.05, 3.63) is 288 Å². The monoisotopic (exact) mass is 1280 g/mol. The van der Waals surface area contributed by atoms with Gasteiger partial charge in [-0.15, -0.1) is 0 Å². The third kappa shape index (κ3) is 9.27. The highest BCUT2D eigenvalue weighted by molar-refractivity contribution is 8.00. The lowest BCUT2D eigenvalue weighted by molar-refractivity contribution is 0.456. The predicted octanol–water partition coefficient (Wildman–Crippen LogP) is 16.8. The molecule has 0 fully saturated rings. The number of para-hydroxylation sites is 2. The van der Waals surface area contributed by atoms with Gasteiger partial charge in [0.25, 0.3) is 20.1 Å². The van der Waals surface area contributed by atoms with E-state index in [1.807, 2.05) is 0 Å². The Balaban J connectivity index is 0.825. The maximum Gasteiger partial charge on any atom is 0.260 e. The average molecular weight is 1280 g/mol. The van der Waals surface area contributed by atoms with E-state index < -0.39 is 0 Å². The Kier molecular flexibility index (Phi) is 13.2. The van der Waals surface area contributed by atoms with Crippen molar-refractivity contribution in [2.24, 2.45) is 0 Å². The van der Waals surface area contributed by atoms with Crippen LogP contribution in [0.1, 0.15) is 33.4 Å². The zero-order valence-electron chi connectivity index (χ0n) is 55.2. The van der Waals surface area contributed by atoms with Crippen LogP contribution >= 0.6 is 11.9 Å². The van der Waals surface area contributed by atoms with Crippen molar-refractivity contribution < 1.29 is 23.7 Å². The van der Waals surface area contributed by atoms with E-state index in [0.29, 0.717) is 0 Å². The molecule has 6 aliphatic heterocycles. The van der Waals surface area contributed by atoms with E-state index in [-0.39, 0.29) is 20.1 Å². The number of aryl methyl sites for hydroxylation is 6. The summed E-state index contributed by atoms with van der Waals surface area (Å²) in [7, 11) is 0. The van der Waals surface area contributed by atoms with Crippen LogP contribution in [0.5, 0.6) is 57.5 Å². The van der Waals surface area contributed by atoms with E-state index in [1.54, 1.807) is 11.9 Å². The van der Waals surface area contributed by atoms with Gasteiger partial charge in [0.1, 0.15) is 57.5 Å². The summed E-state index contributed by atoms with van der Waals surface area (Å²) in [6.07, 6.45) is 2.17. The van der Waals surface area contributed by atoms with Crippen LogP contribution in [0.2, 0.25) is 0 Å². The van der Waals surface area contributed by atoms with Gasteiger partial charge in [-0.25, -0.2) is 0 Å². The first-order valence-corrected chi connectivity index (χ1v) is 34.7. The van der Waals surface area contributed by atoms with E-state index >= 15 is 0 Å².